The minimum absolute atomic E-state index is 0. The van der Waals surface area contributed by atoms with Crippen molar-refractivity contribution in [2.24, 2.45) is 0 Å². The van der Waals surface area contributed by atoms with Crippen molar-refractivity contribution in [2.75, 3.05) is 20.1 Å². The molecule has 0 aromatic heterocycles. The van der Waals surface area contributed by atoms with Crippen LogP contribution < -0.4 is 0 Å². The Bertz CT molecular complexity index is 546. The van der Waals surface area contributed by atoms with E-state index in [0.29, 0.717) is 23.2 Å². The highest BCUT2D eigenvalue weighted by atomic mass is 35.5. The standard InChI is InChI=1S/C18H25ClN2O2.ClH/c1-20(18(23)13-7-9-14(19)10-8-13)16-11-21(12-17(16)22)15-5-3-2-4-6-15;/h7-10,15-17,22H,2-6,11-12H2,1H3;1H/t16-,17-;/m1./s1. The first-order valence-corrected chi connectivity index (χ1v) is 8.89. The van der Waals surface area contributed by atoms with Crippen LogP contribution in [0.4, 0.5) is 0 Å². The number of β-amino-alcohol motifs (C(OH)–C–C–N with tert-alkyl or cyclic N) is 1. The molecule has 1 N–H and O–H groups in total. The molecule has 24 heavy (non-hydrogen) atoms. The van der Waals surface area contributed by atoms with Crippen molar-refractivity contribution in [3.63, 3.8) is 0 Å². The van der Waals surface area contributed by atoms with E-state index in [1.54, 1.807) is 36.2 Å². The van der Waals surface area contributed by atoms with E-state index < -0.39 is 6.10 Å². The quantitative estimate of drug-likeness (QED) is 0.885. The Morgan fingerprint density at radius 2 is 1.79 bits per heavy atom. The fourth-order valence-corrected chi connectivity index (χ4v) is 4.00. The van der Waals surface area contributed by atoms with Gasteiger partial charge < -0.3 is 10.0 Å². The zero-order chi connectivity index (χ0) is 16.4. The number of likely N-dealkylation sites (N-methyl/N-ethyl adjacent to an activating group) is 1. The van der Waals surface area contributed by atoms with Crippen molar-refractivity contribution >= 4 is 29.9 Å². The van der Waals surface area contributed by atoms with Gasteiger partial charge in [0.05, 0.1) is 12.1 Å². The SMILES string of the molecule is CN(C(=O)c1ccc(Cl)cc1)[C@@H]1CN(C2CCCCC2)C[C@H]1O.Cl. The van der Waals surface area contributed by atoms with Crippen LogP contribution in [0.3, 0.4) is 0 Å². The van der Waals surface area contributed by atoms with Crippen LogP contribution >= 0.6 is 24.0 Å². The molecular formula is C18H26Cl2N2O2. The number of nitrogens with zero attached hydrogens (tertiary/aromatic N) is 2. The molecule has 1 amide bonds. The second kappa shape index (κ2) is 8.52. The summed E-state index contributed by atoms with van der Waals surface area (Å²) in [6.07, 6.45) is 5.84. The van der Waals surface area contributed by atoms with Gasteiger partial charge in [-0.05, 0) is 37.1 Å². The van der Waals surface area contributed by atoms with Crippen LogP contribution in [0.25, 0.3) is 0 Å². The molecule has 0 bridgehead atoms. The van der Waals surface area contributed by atoms with Gasteiger partial charge in [-0.1, -0.05) is 30.9 Å². The number of amides is 1. The molecule has 1 heterocycles. The van der Waals surface area contributed by atoms with E-state index in [2.05, 4.69) is 4.90 Å². The number of halogens is 2. The summed E-state index contributed by atoms with van der Waals surface area (Å²) < 4.78 is 0. The molecule has 2 atom stereocenters. The number of carbonyl (C=O) groups is 1. The van der Waals surface area contributed by atoms with Crippen LogP contribution in [-0.4, -0.2) is 59.1 Å². The molecule has 1 saturated heterocycles. The summed E-state index contributed by atoms with van der Waals surface area (Å²) in [4.78, 5) is 16.7. The second-order valence-electron chi connectivity index (χ2n) is 6.80. The van der Waals surface area contributed by atoms with Crippen molar-refractivity contribution < 1.29 is 9.90 Å². The Kier molecular flexibility index (Phi) is 6.93. The molecular weight excluding hydrogens is 347 g/mol. The Morgan fingerprint density at radius 3 is 2.42 bits per heavy atom. The topological polar surface area (TPSA) is 43.8 Å². The van der Waals surface area contributed by atoms with Gasteiger partial charge in [-0.3, -0.25) is 9.69 Å². The molecule has 0 spiro atoms. The fraction of sp³-hybridized carbons (Fsp3) is 0.611. The zero-order valence-electron chi connectivity index (χ0n) is 14.0. The lowest BCUT2D eigenvalue weighted by Crippen LogP contribution is -2.44. The van der Waals surface area contributed by atoms with Crippen molar-refractivity contribution in [2.45, 2.75) is 50.3 Å². The maximum atomic E-state index is 12.6. The van der Waals surface area contributed by atoms with Crippen LogP contribution in [0.1, 0.15) is 42.5 Å². The minimum Gasteiger partial charge on any atom is -0.390 e. The Morgan fingerprint density at radius 1 is 1.17 bits per heavy atom. The van der Waals surface area contributed by atoms with Crippen LogP contribution in [0.15, 0.2) is 24.3 Å². The number of likely N-dealkylation sites (tertiary alicyclic amines) is 1. The highest BCUT2D eigenvalue weighted by Crippen LogP contribution is 2.27. The predicted octanol–water partition coefficient (Wildman–Crippen LogP) is 3.21. The lowest BCUT2D eigenvalue weighted by Gasteiger charge is -2.31. The second-order valence-corrected chi connectivity index (χ2v) is 7.24. The average Bonchev–Trinajstić information content (AvgIpc) is 2.97. The number of benzene rings is 1. The molecule has 6 heteroatoms. The molecule has 134 valence electrons. The number of aliphatic hydroxyl groups is 1. The molecule has 0 radical (unpaired) electrons. The van der Waals surface area contributed by atoms with Gasteiger partial charge in [0.25, 0.3) is 5.91 Å². The van der Waals surface area contributed by atoms with Gasteiger partial charge in [-0.15, -0.1) is 12.4 Å². The van der Waals surface area contributed by atoms with Gasteiger partial charge in [0, 0.05) is 36.8 Å². The summed E-state index contributed by atoms with van der Waals surface area (Å²) in [5, 5.41) is 11.1. The smallest absolute Gasteiger partial charge is 0.253 e. The average molecular weight is 373 g/mol. The molecule has 1 aliphatic carbocycles. The number of hydrogen-bond acceptors (Lipinski definition) is 3. The normalized spacial score (nSPS) is 25.3. The van der Waals surface area contributed by atoms with Gasteiger partial charge in [-0.2, -0.15) is 0 Å². The van der Waals surface area contributed by atoms with Crippen molar-refractivity contribution in [1.82, 2.24) is 9.80 Å². The van der Waals surface area contributed by atoms with E-state index in [1.165, 1.54) is 32.1 Å². The van der Waals surface area contributed by atoms with E-state index in [9.17, 15) is 9.90 Å². The molecule has 3 rings (SSSR count). The summed E-state index contributed by atoms with van der Waals surface area (Å²) in [5.41, 5.74) is 0.611. The predicted molar refractivity (Wildman–Crippen MR) is 99.0 cm³/mol. The summed E-state index contributed by atoms with van der Waals surface area (Å²) in [5.74, 6) is -0.0591. The van der Waals surface area contributed by atoms with Crippen LogP contribution in [-0.2, 0) is 0 Å². The van der Waals surface area contributed by atoms with Crippen LogP contribution in [0.2, 0.25) is 5.02 Å². The summed E-state index contributed by atoms with van der Waals surface area (Å²) in [6, 6.07) is 7.36. The molecule has 2 fully saturated rings. The molecule has 1 aromatic carbocycles. The first-order chi connectivity index (χ1) is 11.1. The van der Waals surface area contributed by atoms with Crippen molar-refractivity contribution in [1.29, 1.82) is 0 Å². The first-order valence-electron chi connectivity index (χ1n) is 8.51. The third kappa shape index (κ3) is 4.23. The summed E-state index contributed by atoms with van der Waals surface area (Å²) >= 11 is 5.88. The van der Waals surface area contributed by atoms with Crippen molar-refractivity contribution in [3.8, 4) is 0 Å². The highest BCUT2D eigenvalue weighted by Gasteiger charge is 2.39. The van der Waals surface area contributed by atoms with Crippen LogP contribution in [0, 0.1) is 0 Å². The monoisotopic (exact) mass is 372 g/mol. The van der Waals surface area contributed by atoms with E-state index in [1.807, 2.05) is 0 Å². The highest BCUT2D eigenvalue weighted by molar-refractivity contribution is 6.30. The third-order valence-corrected chi connectivity index (χ3v) is 5.54. The van der Waals surface area contributed by atoms with Gasteiger partial charge in [0.15, 0.2) is 0 Å². The molecule has 0 unspecified atom stereocenters. The zero-order valence-corrected chi connectivity index (χ0v) is 15.6. The van der Waals surface area contributed by atoms with Crippen molar-refractivity contribution in [3.05, 3.63) is 34.9 Å². The van der Waals surface area contributed by atoms with E-state index in [0.717, 1.165) is 6.54 Å². The fourth-order valence-electron chi connectivity index (χ4n) is 3.87. The Labute approximate surface area is 155 Å². The first kappa shape index (κ1) is 19.5. The maximum absolute atomic E-state index is 12.6. The number of rotatable bonds is 3. The lowest BCUT2D eigenvalue weighted by molar-refractivity contribution is 0.0581. The van der Waals surface area contributed by atoms with Gasteiger partial charge in [0.2, 0.25) is 0 Å². The molecule has 1 aliphatic heterocycles. The molecule has 2 aliphatic rings. The number of carbonyl (C=O) groups excluding carboxylic acids is 1. The largest absolute Gasteiger partial charge is 0.390 e. The van der Waals surface area contributed by atoms with Gasteiger partial charge in [-0.25, -0.2) is 0 Å². The minimum atomic E-state index is -0.474. The Balaban J connectivity index is 0.00000208. The third-order valence-electron chi connectivity index (χ3n) is 5.29. The van der Waals surface area contributed by atoms with Gasteiger partial charge >= 0.3 is 0 Å². The summed E-state index contributed by atoms with van der Waals surface area (Å²) in [7, 11) is 1.79. The number of hydrogen-bond donors (Lipinski definition) is 1. The molecule has 1 aromatic rings. The van der Waals surface area contributed by atoms with Crippen LogP contribution in [0.5, 0.6) is 0 Å². The summed E-state index contributed by atoms with van der Waals surface area (Å²) in [6.45, 7) is 1.44. The Hall–Kier alpha value is -0.810. The maximum Gasteiger partial charge on any atom is 0.253 e. The van der Waals surface area contributed by atoms with E-state index in [4.69, 9.17) is 11.6 Å². The van der Waals surface area contributed by atoms with E-state index >= 15 is 0 Å². The molecule has 4 nitrogen and oxygen atoms in total. The molecule has 1 saturated carbocycles. The lowest BCUT2D eigenvalue weighted by atomic mass is 9.94. The number of aliphatic hydroxyl groups excluding tert-OH is 1. The van der Waals surface area contributed by atoms with E-state index in [-0.39, 0.29) is 24.4 Å². The van der Waals surface area contributed by atoms with Gasteiger partial charge in [0.1, 0.15) is 0 Å².